The van der Waals surface area contributed by atoms with Gasteiger partial charge in [-0.2, -0.15) is 5.26 Å². The molecule has 0 radical (unpaired) electrons. The summed E-state index contributed by atoms with van der Waals surface area (Å²) in [6.07, 6.45) is 10.2. The summed E-state index contributed by atoms with van der Waals surface area (Å²) in [7, 11) is 0. The Balaban J connectivity index is 1.13. The molecular formula is C30H39ClN6O3. The van der Waals surface area contributed by atoms with Gasteiger partial charge >= 0.3 is 5.97 Å². The number of nitrogens with one attached hydrogen (secondary N) is 2. The molecule has 1 saturated carbocycles. The number of anilines is 1. The number of benzene rings is 1. The van der Waals surface area contributed by atoms with Crippen LogP contribution < -0.4 is 15.5 Å². The SMILES string of the molecule is N#Cc1ccc(CNC2CCC(NC(=O)c3ccc(N4CCC(CCCCCC(=O)O)CC4)nn3)CC2)cc1Cl. The molecule has 0 atom stereocenters. The molecule has 0 bridgehead atoms. The molecule has 2 heterocycles. The van der Waals surface area contributed by atoms with Gasteiger partial charge in [0.1, 0.15) is 6.07 Å². The summed E-state index contributed by atoms with van der Waals surface area (Å²) in [6.45, 7) is 2.55. The molecule has 40 heavy (non-hydrogen) atoms. The van der Waals surface area contributed by atoms with Gasteiger partial charge in [0.25, 0.3) is 5.91 Å². The number of carboxylic acids is 1. The minimum atomic E-state index is -0.710. The first-order valence-corrected chi connectivity index (χ1v) is 14.8. The normalized spacial score (nSPS) is 19.6. The zero-order valence-corrected chi connectivity index (χ0v) is 23.7. The third kappa shape index (κ3) is 8.90. The molecule has 1 aromatic heterocycles. The monoisotopic (exact) mass is 566 g/mol. The van der Waals surface area contributed by atoms with Gasteiger partial charge in [-0.1, -0.05) is 36.9 Å². The third-order valence-electron chi connectivity index (χ3n) is 8.14. The molecule has 1 aliphatic carbocycles. The van der Waals surface area contributed by atoms with Crippen LogP contribution in [0.15, 0.2) is 30.3 Å². The van der Waals surface area contributed by atoms with Crippen molar-refractivity contribution in [3.05, 3.63) is 52.2 Å². The summed E-state index contributed by atoms with van der Waals surface area (Å²) < 4.78 is 0. The van der Waals surface area contributed by atoms with Crippen LogP contribution in [-0.4, -0.2) is 52.4 Å². The fourth-order valence-electron chi connectivity index (χ4n) is 5.67. The van der Waals surface area contributed by atoms with Crippen LogP contribution in [0.2, 0.25) is 5.02 Å². The summed E-state index contributed by atoms with van der Waals surface area (Å²) in [6, 6.07) is 11.8. The van der Waals surface area contributed by atoms with E-state index in [9.17, 15) is 9.59 Å². The lowest BCUT2D eigenvalue weighted by atomic mass is 9.91. The number of rotatable bonds is 12. The van der Waals surface area contributed by atoms with Gasteiger partial charge in [-0.3, -0.25) is 9.59 Å². The average molecular weight is 567 g/mol. The zero-order valence-electron chi connectivity index (χ0n) is 22.9. The zero-order chi connectivity index (χ0) is 28.3. The van der Waals surface area contributed by atoms with Crippen LogP contribution in [0.25, 0.3) is 0 Å². The largest absolute Gasteiger partial charge is 0.481 e. The Labute approximate surface area is 241 Å². The lowest BCUT2D eigenvalue weighted by Crippen LogP contribution is -2.42. The molecule has 1 amide bonds. The predicted octanol–water partition coefficient (Wildman–Crippen LogP) is 5.08. The molecule has 2 fully saturated rings. The van der Waals surface area contributed by atoms with E-state index in [4.69, 9.17) is 22.0 Å². The number of halogens is 1. The first kappa shape index (κ1) is 29.8. The Morgan fingerprint density at radius 1 is 1.00 bits per heavy atom. The van der Waals surface area contributed by atoms with E-state index >= 15 is 0 Å². The van der Waals surface area contributed by atoms with Gasteiger partial charge in [0, 0.05) is 38.1 Å². The summed E-state index contributed by atoms with van der Waals surface area (Å²) in [4.78, 5) is 25.6. The van der Waals surface area contributed by atoms with E-state index in [0.29, 0.717) is 34.8 Å². The molecule has 1 aromatic carbocycles. The van der Waals surface area contributed by atoms with Crippen LogP contribution in [0.1, 0.15) is 92.2 Å². The molecule has 9 nitrogen and oxygen atoms in total. The molecular weight excluding hydrogens is 528 g/mol. The molecule has 1 aliphatic heterocycles. The van der Waals surface area contributed by atoms with E-state index in [1.54, 1.807) is 12.1 Å². The molecule has 0 spiro atoms. The smallest absolute Gasteiger partial charge is 0.303 e. The van der Waals surface area contributed by atoms with E-state index in [0.717, 1.165) is 88.7 Å². The molecule has 1 saturated heterocycles. The van der Waals surface area contributed by atoms with Crippen molar-refractivity contribution in [1.29, 1.82) is 5.26 Å². The molecule has 4 rings (SSSR count). The van der Waals surface area contributed by atoms with Crippen LogP contribution >= 0.6 is 11.6 Å². The minimum absolute atomic E-state index is 0.125. The number of piperidine rings is 1. The van der Waals surface area contributed by atoms with E-state index in [1.165, 1.54) is 0 Å². The lowest BCUT2D eigenvalue weighted by Gasteiger charge is -2.32. The highest BCUT2D eigenvalue weighted by Crippen LogP contribution is 2.26. The second kappa shape index (κ2) is 15.0. The molecule has 0 unspecified atom stereocenters. The number of nitriles is 1. The number of aliphatic carboxylic acids is 1. The van der Waals surface area contributed by atoms with Crippen LogP contribution in [0.3, 0.4) is 0 Å². The average Bonchev–Trinajstić information content (AvgIpc) is 2.97. The van der Waals surface area contributed by atoms with E-state index in [2.05, 4.69) is 31.8 Å². The van der Waals surface area contributed by atoms with Gasteiger partial charge in [0.15, 0.2) is 11.5 Å². The van der Waals surface area contributed by atoms with Gasteiger partial charge in [-0.25, -0.2) is 0 Å². The lowest BCUT2D eigenvalue weighted by molar-refractivity contribution is -0.137. The van der Waals surface area contributed by atoms with Crippen molar-refractivity contribution in [3.63, 3.8) is 0 Å². The highest BCUT2D eigenvalue weighted by molar-refractivity contribution is 6.31. The molecule has 2 aromatic rings. The number of hydrogen-bond donors (Lipinski definition) is 3. The van der Waals surface area contributed by atoms with Crippen molar-refractivity contribution in [1.82, 2.24) is 20.8 Å². The first-order chi connectivity index (χ1) is 19.4. The molecule has 10 heteroatoms. The van der Waals surface area contributed by atoms with Crippen LogP contribution in [0.4, 0.5) is 5.82 Å². The van der Waals surface area contributed by atoms with Gasteiger partial charge in [-0.05, 0) is 80.7 Å². The van der Waals surface area contributed by atoms with Crippen molar-refractivity contribution in [2.75, 3.05) is 18.0 Å². The Kier molecular flexibility index (Phi) is 11.1. The number of unbranched alkanes of at least 4 members (excludes halogenated alkanes) is 2. The molecule has 2 aliphatic rings. The van der Waals surface area contributed by atoms with Gasteiger partial charge in [0.2, 0.25) is 0 Å². The summed E-state index contributed by atoms with van der Waals surface area (Å²) >= 11 is 6.14. The Hall–Kier alpha value is -3.22. The quantitative estimate of drug-likeness (QED) is 0.303. The highest BCUT2D eigenvalue weighted by atomic mass is 35.5. The maximum Gasteiger partial charge on any atom is 0.303 e. The van der Waals surface area contributed by atoms with E-state index in [-0.39, 0.29) is 18.4 Å². The maximum absolute atomic E-state index is 12.8. The number of nitrogens with zero attached hydrogens (tertiary/aromatic N) is 4. The second-order valence-electron chi connectivity index (χ2n) is 11.0. The molecule has 214 valence electrons. The second-order valence-corrected chi connectivity index (χ2v) is 11.4. The number of aromatic nitrogens is 2. The van der Waals surface area contributed by atoms with Crippen molar-refractivity contribution < 1.29 is 14.7 Å². The predicted molar refractivity (Wildman–Crippen MR) is 154 cm³/mol. The summed E-state index contributed by atoms with van der Waals surface area (Å²) in [5, 5.41) is 33.5. The van der Waals surface area contributed by atoms with Crippen LogP contribution in [0, 0.1) is 17.2 Å². The van der Waals surface area contributed by atoms with Gasteiger partial charge in [0.05, 0.1) is 10.6 Å². The summed E-state index contributed by atoms with van der Waals surface area (Å²) in [5.74, 6) is 0.604. The Morgan fingerprint density at radius 2 is 1.75 bits per heavy atom. The van der Waals surface area contributed by atoms with Gasteiger partial charge in [-0.15, -0.1) is 10.2 Å². The van der Waals surface area contributed by atoms with Crippen LogP contribution in [0.5, 0.6) is 0 Å². The van der Waals surface area contributed by atoms with Crippen molar-refractivity contribution >= 4 is 29.3 Å². The van der Waals surface area contributed by atoms with Gasteiger partial charge < -0.3 is 20.6 Å². The van der Waals surface area contributed by atoms with Crippen molar-refractivity contribution in [2.24, 2.45) is 5.92 Å². The maximum atomic E-state index is 12.8. The van der Waals surface area contributed by atoms with Crippen LogP contribution in [-0.2, 0) is 11.3 Å². The number of carboxylic acid groups (broad SMARTS) is 1. The fourth-order valence-corrected chi connectivity index (χ4v) is 5.92. The minimum Gasteiger partial charge on any atom is -0.481 e. The van der Waals surface area contributed by atoms with Crippen molar-refractivity contribution in [2.45, 2.75) is 89.3 Å². The van der Waals surface area contributed by atoms with E-state index < -0.39 is 5.97 Å². The number of carbonyl (C=O) groups excluding carboxylic acids is 1. The fraction of sp³-hybridized carbons (Fsp3) is 0.567. The first-order valence-electron chi connectivity index (χ1n) is 14.4. The highest BCUT2D eigenvalue weighted by Gasteiger charge is 2.24. The topological polar surface area (TPSA) is 131 Å². The Morgan fingerprint density at radius 3 is 2.40 bits per heavy atom. The van der Waals surface area contributed by atoms with E-state index in [1.807, 2.05) is 18.2 Å². The number of hydrogen-bond acceptors (Lipinski definition) is 7. The number of amides is 1. The van der Waals surface area contributed by atoms with Crippen molar-refractivity contribution in [3.8, 4) is 6.07 Å². The third-order valence-corrected chi connectivity index (χ3v) is 8.45. The summed E-state index contributed by atoms with van der Waals surface area (Å²) in [5.41, 5.74) is 1.88. The standard InChI is InChI=1S/C30H39ClN6O3/c31-26-18-22(6-7-23(26)19-32)20-33-24-8-10-25(11-9-24)34-30(40)27-12-13-28(36-35-27)37-16-14-21(15-17-37)4-2-1-3-5-29(38)39/h6-7,12-13,18,21,24-25,33H,1-5,8-11,14-17,20H2,(H,34,40)(H,38,39). The number of carbonyl (C=O) groups is 2. The molecule has 3 N–H and O–H groups in total. The Bertz CT molecular complexity index is 1170.